The topological polar surface area (TPSA) is 74.4 Å². The Kier molecular flexibility index (Phi) is 8.25. The zero-order chi connectivity index (χ0) is 23.8. The van der Waals surface area contributed by atoms with Crippen molar-refractivity contribution in [2.75, 3.05) is 64.8 Å². The molecule has 2 aromatic carbocycles. The summed E-state index contributed by atoms with van der Waals surface area (Å²) in [4.78, 5) is 31.6. The summed E-state index contributed by atoms with van der Waals surface area (Å²) in [5.41, 5.74) is 0.790. The van der Waals surface area contributed by atoms with E-state index in [-0.39, 0.29) is 17.9 Å². The molecule has 2 heterocycles. The number of para-hydroxylation sites is 1. The number of nitrogens with zero attached hydrogens (tertiary/aromatic N) is 3. The number of methoxy groups -OCH3 is 1. The van der Waals surface area contributed by atoms with Crippen molar-refractivity contribution in [2.24, 2.45) is 5.92 Å². The van der Waals surface area contributed by atoms with Crippen LogP contribution in [-0.2, 0) is 4.79 Å². The number of piperazine rings is 1. The van der Waals surface area contributed by atoms with Crippen LogP contribution in [-0.4, -0.2) is 86.2 Å². The van der Waals surface area contributed by atoms with Crippen molar-refractivity contribution in [3.63, 3.8) is 0 Å². The normalized spacial score (nSPS) is 17.3. The van der Waals surface area contributed by atoms with Gasteiger partial charge < -0.3 is 24.6 Å². The van der Waals surface area contributed by atoms with Crippen molar-refractivity contribution < 1.29 is 19.1 Å². The van der Waals surface area contributed by atoms with Gasteiger partial charge in [-0.2, -0.15) is 0 Å². The smallest absolute Gasteiger partial charge is 0.321 e. The molecule has 4 rings (SSSR count). The molecular weight excluding hydrogens is 432 g/mol. The third-order valence-electron chi connectivity index (χ3n) is 6.58. The molecule has 2 saturated heterocycles. The number of likely N-dealkylation sites (tertiary alicyclic amines) is 1. The standard InChI is InChI=1S/C26H34N4O4/c1-33-23-7-9-24(10-8-23)34-20-19-28-15-17-29(18-16-28)25(31)21-11-13-30(14-12-21)26(32)27-22-5-3-2-4-6-22/h2-10,21H,11-20H2,1H3,(H,27,32). The highest BCUT2D eigenvalue weighted by atomic mass is 16.5. The van der Waals surface area contributed by atoms with Gasteiger partial charge in [0.1, 0.15) is 18.1 Å². The number of carbonyl (C=O) groups excluding carboxylic acids is 2. The van der Waals surface area contributed by atoms with Gasteiger partial charge in [0, 0.05) is 57.4 Å². The van der Waals surface area contributed by atoms with Crippen LogP contribution >= 0.6 is 0 Å². The Morgan fingerprint density at radius 3 is 2.15 bits per heavy atom. The van der Waals surface area contributed by atoms with E-state index in [1.807, 2.05) is 59.5 Å². The van der Waals surface area contributed by atoms with Crippen LogP contribution in [0.3, 0.4) is 0 Å². The fourth-order valence-electron chi connectivity index (χ4n) is 4.47. The summed E-state index contributed by atoms with van der Waals surface area (Å²) in [5, 5.41) is 2.93. The first-order valence-corrected chi connectivity index (χ1v) is 12.0. The summed E-state index contributed by atoms with van der Waals surface area (Å²) in [7, 11) is 1.65. The molecule has 182 valence electrons. The third kappa shape index (κ3) is 6.41. The Morgan fingerprint density at radius 2 is 1.50 bits per heavy atom. The highest BCUT2D eigenvalue weighted by molar-refractivity contribution is 5.89. The van der Waals surface area contributed by atoms with Crippen molar-refractivity contribution in [2.45, 2.75) is 12.8 Å². The van der Waals surface area contributed by atoms with Gasteiger partial charge in [0.2, 0.25) is 5.91 Å². The lowest BCUT2D eigenvalue weighted by Gasteiger charge is -2.38. The lowest BCUT2D eigenvalue weighted by atomic mass is 9.95. The van der Waals surface area contributed by atoms with Crippen molar-refractivity contribution in [1.82, 2.24) is 14.7 Å². The van der Waals surface area contributed by atoms with Gasteiger partial charge in [0.05, 0.1) is 7.11 Å². The number of nitrogens with one attached hydrogen (secondary N) is 1. The highest BCUT2D eigenvalue weighted by Gasteiger charge is 2.31. The molecular formula is C26H34N4O4. The quantitative estimate of drug-likeness (QED) is 0.679. The van der Waals surface area contributed by atoms with Crippen LogP contribution in [0.25, 0.3) is 0 Å². The Balaban J connectivity index is 1.14. The lowest BCUT2D eigenvalue weighted by Crippen LogP contribution is -2.52. The molecule has 1 N–H and O–H groups in total. The van der Waals surface area contributed by atoms with Crippen LogP contribution in [0.4, 0.5) is 10.5 Å². The minimum atomic E-state index is -0.0948. The van der Waals surface area contributed by atoms with Gasteiger partial charge in [-0.3, -0.25) is 9.69 Å². The number of hydrogen-bond acceptors (Lipinski definition) is 5. The van der Waals surface area contributed by atoms with E-state index in [0.29, 0.717) is 19.7 Å². The SMILES string of the molecule is COc1ccc(OCCN2CCN(C(=O)C3CCN(C(=O)Nc4ccccc4)CC3)CC2)cc1. The predicted octanol–water partition coefficient (Wildman–Crippen LogP) is 3.16. The molecule has 8 nitrogen and oxygen atoms in total. The Bertz CT molecular complexity index is 922. The van der Waals surface area contributed by atoms with Gasteiger partial charge in [-0.15, -0.1) is 0 Å². The fraction of sp³-hybridized carbons (Fsp3) is 0.462. The van der Waals surface area contributed by atoms with E-state index in [9.17, 15) is 9.59 Å². The zero-order valence-corrected chi connectivity index (χ0v) is 19.8. The van der Waals surface area contributed by atoms with Gasteiger partial charge in [-0.05, 0) is 49.2 Å². The van der Waals surface area contributed by atoms with Crippen LogP contribution in [0.15, 0.2) is 54.6 Å². The number of carbonyl (C=O) groups is 2. The molecule has 2 aliphatic rings. The van der Waals surface area contributed by atoms with E-state index in [4.69, 9.17) is 9.47 Å². The van der Waals surface area contributed by atoms with Crippen molar-refractivity contribution in [3.05, 3.63) is 54.6 Å². The molecule has 0 aromatic heterocycles. The van der Waals surface area contributed by atoms with Crippen LogP contribution < -0.4 is 14.8 Å². The van der Waals surface area contributed by atoms with E-state index in [1.165, 1.54) is 0 Å². The second-order valence-corrected chi connectivity index (χ2v) is 8.75. The average molecular weight is 467 g/mol. The van der Waals surface area contributed by atoms with Gasteiger partial charge in [0.25, 0.3) is 0 Å². The van der Waals surface area contributed by atoms with E-state index in [2.05, 4.69) is 10.2 Å². The largest absolute Gasteiger partial charge is 0.497 e. The van der Waals surface area contributed by atoms with E-state index < -0.39 is 0 Å². The number of piperidine rings is 1. The predicted molar refractivity (Wildman–Crippen MR) is 131 cm³/mol. The molecule has 0 saturated carbocycles. The number of hydrogen-bond donors (Lipinski definition) is 1. The maximum absolute atomic E-state index is 13.0. The van der Waals surface area contributed by atoms with Crippen molar-refractivity contribution in [3.8, 4) is 11.5 Å². The first-order valence-electron chi connectivity index (χ1n) is 12.0. The molecule has 2 fully saturated rings. The minimum Gasteiger partial charge on any atom is -0.497 e. The van der Waals surface area contributed by atoms with Gasteiger partial charge in [-0.1, -0.05) is 18.2 Å². The maximum atomic E-state index is 13.0. The highest BCUT2D eigenvalue weighted by Crippen LogP contribution is 2.22. The zero-order valence-electron chi connectivity index (χ0n) is 19.8. The average Bonchev–Trinajstić information content (AvgIpc) is 2.90. The summed E-state index contributed by atoms with van der Waals surface area (Å²) < 4.78 is 11.0. The fourth-order valence-corrected chi connectivity index (χ4v) is 4.47. The molecule has 0 aliphatic carbocycles. The minimum absolute atomic E-state index is 0.00531. The molecule has 0 spiro atoms. The molecule has 34 heavy (non-hydrogen) atoms. The summed E-state index contributed by atoms with van der Waals surface area (Å²) in [6, 6.07) is 17.0. The van der Waals surface area contributed by atoms with Crippen molar-refractivity contribution in [1.29, 1.82) is 0 Å². The van der Waals surface area contributed by atoms with Gasteiger partial charge in [0.15, 0.2) is 0 Å². The number of rotatable bonds is 7. The number of amides is 3. The molecule has 0 atom stereocenters. The van der Waals surface area contributed by atoms with Gasteiger partial charge >= 0.3 is 6.03 Å². The van der Waals surface area contributed by atoms with Crippen molar-refractivity contribution >= 4 is 17.6 Å². The summed E-state index contributed by atoms with van der Waals surface area (Å²) in [6.45, 7) is 5.88. The first kappa shape index (κ1) is 23.9. The van der Waals surface area contributed by atoms with Crippen LogP contribution in [0.5, 0.6) is 11.5 Å². The van der Waals surface area contributed by atoms with E-state index in [0.717, 1.165) is 62.8 Å². The van der Waals surface area contributed by atoms with Crippen LogP contribution in [0, 0.1) is 5.92 Å². The molecule has 0 unspecified atom stereocenters. The van der Waals surface area contributed by atoms with Crippen LogP contribution in [0.1, 0.15) is 12.8 Å². The number of urea groups is 1. The van der Waals surface area contributed by atoms with Gasteiger partial charge in [-0.25, -0.2) is 4.79 Å². The first-order chi connectivity index (χ1) is 16.6. The Morgan fingerprint density at radius 1 is 0.853 bits per heavy atom. The summed E-state index contributed by atoms with van der Waals surface area (Å²) in [6.07, 6.45) is 1.44. The molecule has 0 bridgehead atoms. The van der Waals surface area contributed by atoms with E-state index >= 15 is 0 Å². The number of anilines is 1. The summed E-state index contributed by atoms with van der Waals surface area (Å²) >= 11 is 0. The number of ether oxygens (including phenoxy) is 2. The molecule has 8 heteroatoms. The molecule has 2 aliphatic heterocycles. The molecule has 0 radical (unpaired) electrons. The maximum Gasteiger partial charge on any atom is 0.321 e. The van der Waals surface area contributed by atoms with Crippen LogP contribution in [0.2, 0.25) is 0 Å². The monoisotopic (exact) mass is 466 g/mol. The summed E-state index contributed by atoms with van der Waals surface area (Å²) in [5.74, 6) is 1.88. The molecule has 2 aromatic rings. The second-order valence-electron chi connectivity index (χ2n) is 8.75. The number of benzene rings is 2. The Hall–Kier alpha value is -3.26. The molecule has 3 amide bonds. The Labute approximate surface area is 201 Å². The van der Waals surface area contributed by atoms with E-state index in [1.54, 1.807) is 12.0 Å². The third-order valence-corrected chi connectivity index (χ3v) is 6.58. The lowest BCUT2D eigenvalue weighted by molar-refractivity contribution is -0.138. The second kappa shape index (κ2) is 11.7.